The van der Waals surface area contributed by atoms with Crippen LogP contribution in [0.2, 0.25) is 0 Å². The summed E-state index contributed by atoms with van der Waals surface area (Å²) in [6.07, 6.45) is 0.128. The number of halogens is 3. The molecule has 0 N–H and O–H groups in total. The summed E-state index contributed by atoms with van der Waals surface area (Å²) in [6.45, 7) is 6.27. The Balaban J connectivity index is 1.69. The molecule has 0 bridgehead atoms. The molecular weight excluding hydrogens is 368 g/mol. The molecule has 1 aromatic carbocycles. The van der Waals surface area contributed by atoms with E-state index >= 15 is 0 Å². The standard InChI is InChI=1S/C17H20ClF2N3O3/c1-2-21-7-9-22(10-8-21)14-11-15(24)23(16(14)25)12-3-5-13(6-4-12)26-17(18,19)20/h3-6,14H,2,7-11H2,1H3/t14-/m0/s1. The normalized spacial score (nSPS) is 22.9. The van der Waals surface area contributed by atoms with Crippen molar-refractivity contribution in [3.8, 4) is 5.75 Å². The highest BCUT2D eigenvalue weighted by Crippen LogP contribution is 2.30. The molecule has 3 rings (SSSR count). The Labute approximate surface area is 155 Å². The molecule has 2 heterocycles. The van der Waals surface area contributed by atoms with Crippen LogP contribution in [0.3, 0.4) is 0 Å². The van der Waals surface area contributed by atoms with Gasteiger partial charge in [-0.2, -0.15) is 0 Å². The lowest BCUT2D eigenvalue weighted by molar-refractivity contribution is -0.123. The van der Waals surface area contributed by atoms with Crippen LogP contribution in [0.4, 0.5) is 14.5 Å². The zero-order valence-electron chi connectivity index (χ0n) is 14.3. The molecule has 9 heteroatoms. The predicted molar refractivity (Wildman–Crippen MR) is 92.5 cm³/mol. The summed E-state index contributed by atoms with van der Waals surface area (Å²) < 4.78 is 29.6. The molecule has 2 aliphatic rings. The Kier molecular flexibility index (Phi) is 5.45. The van der Waals surface area contributed by atoms with Gasteiger partial charge in [-0.05, 0) is 30.8 Å². The van der Waals surface area contributed by atoms with Gasteiger partial charge in [-0.1, -0.05) is 6.92 Å². The van der Waals surface area contributed by atoms with Crippen LogP contribution in [0.25, 0.3) is 0 Å². The van der Waals surface area contributed by atoms with Crippen LogP contribution in [-0.2, 0) is 9.59 Å². The van der Waals surface area contributed by atoms with Gasteiger partial charge in [-0.15, -0.1) is 8.78 Å². The molecule has 26 heavy (non-hydrogen) atoms. The van der Waals surface area contributed by atoms with E-state index in [1.54, 1.807) is 0 Å². The first kappa shape index (κ1) is 19.0. The molecule has 0 radical (unpaired) electrons. The summed E-state index contributed by atoms with van der Waals surface area (Å²) in [6, 6.07) is 4.82. The van der Waals surface area contributed by atoms with E-state index in [0.29, 0.717) is 5.69 Å². The summed E-state index contributed by atoms with van der Waals surface area (Å²) in [5.74, 6) is -0.731. The number of amides is 2. The smallest absolute Gasteiger partial charge is 0.420 e. The maximum atomic E-state index is 12.8. The maximum Gasteiger partial charge on any atom is 0.487 e. The molecule has 0 aromatic heterocycles. The van der Waals surface area contributed by atoms with Crippen molar-refractivity contribution in [1.29, 1.82) is 0 Å². The molecule has 6 nitrogen and oxygen atoms in total. The van der Waals surface area contributed by atoms with Gasteiger partial charge in [-0.3, -0.25) is 14.5 Å². The number of carbonyl (C=O) groups excluding carboxylic acids is 2. The number of hydrogen-bond acceptors (Lipinski definition) is 5. The molecule has 142 valence electrons. The van der Waals surface area contributed by atoms with Crippen molar-refractivity contribution in [3.05, 3.63) is 24.3 Å². The minimum atomic E-state index is -3.81. The number of likely N-dealkylation sites (N-methyl/N-ethyl adjacent to an activating group) is 1. The number of benzene rings is 1. The SMILES string of the molecule is CCN1CCN([C@H]2CC(=O)N(c3ccc(OC(F)(F)Cl)cc3)C2=O)CC1. The average Bonchev–Trinajstić information content (AvgIpc) is 2.89. The number of anilines is 1. The van der Waals surface area contributed by atoms with Crippen LogP contribution >= 0.6 is 11.6 Å². The molecule has 2 amide bonds. The number of rotatable bonds is 5. The summed E-state index contributed by atoms with van der Waals surface area (Å²) in [5.41, 5.74) is -3.48. The third-order valence-corrected chi connectivity index (χ3v) is 4.82. The molecule has 2 saturated heterocycles. The van der Waals surface area contributed by atoms with Crippen LogP contribution in [0, 0.1) is 0 Å². The Bertz CT molecular complexity index is 673. The topological polar surface area (TPSA) is 53.1 Å². The fraction of sp³-hybridized carbons (Fsp3) is 0.529. The van der Waals surface area contributed by atoms with E-state index in [-0.39, 0.29) is 24.0 Å². The first-order valence-electron chi connectivity index (χ1n) is 8.47. The number of piperazine rings is 1. The van der Waals surface area contributed by atoms with Crippen molar-refractivity contribution in [2.75, 3.05) is 37.6 Å². The van der Waals surface area contributed by atoms with Crippen LogP contribution in [0.1, 0.15) is 13.3 Å². The van der Waals surface area contributed by atoms with E-state index in [1.165, 1.54) is 24.3 Å². The lowest BCUT2D eigenvalue weighted by Crippen LogP contribution is -2.52. The van der Waals surface area contributed by atoms with Crippen LogP contribution < -0.4 is 9.64 Å². The number of hydrogen-bond donors (Lipinski definition) is 0. The van der Waals surface area contributed by atoms with Crippen molar-refractivity contribution in [2.24, 2.45) is 0 Å². The second kappa shape index (κ2) is 7.46. The van der Waals surface area contributed by atoms with Crippen molar-refractivity contribution in [1.82, 2.24) is 9.80 Å². The van der Waals surface area contributed by atoms with Gasteiger partial charge in [0.15, 0.2) is 0 Å². The third kappa shape index (κ3) is 4.13. The van der Waals surface area contributed by atoms with Crippen LogP contribution in [0.5, 0.6) is 5.75 Å². The maximum absolute atomic E-state index is 12.8. The molecule has 0 saturated carbocycles. The average molecular weight is 388 g/mol. The number of ether oxygens (including phenoxy) is 1. The molecule has 1 atom stereocenters. The summed E-state index contributed by atoms with van der Waals surface area (Å²) >= 11 is 4.72. The minimum absolute atomic E-state index is 0.128. The number of alkyl halides is 3. The third-order valence-electron chi connectivity index (χ3n) is 4.75. The Morgan fingerprint density at radius 1 is 1.15 bits per heavy atom. The largest absolute Gasteiger partial charge is 0.487 e. The fourth-order valence-electron chi connectivity index (χ4n) is 3.36. The van der Waals surface area contributed by atoms with Gasteiger partial charge in [0, 0.05) is 37.8 Å². The van der Waals surface area contributed by atoms with Crippen LogP contribution in [0.15, 0.2) is 24.3 Å². The van der Waals surface area contributed by atoms with E-state index in [9.17, 15) is 18.4 Å². The fourth-order valence-corrected chi connectivity index (χ4v) is 3.45. The summed E-state index contributed by atoms with van der Waals surface area (Å²) in [5, 5.41) is 0. The van der Waals surface area contributed by atoms with Crippen molar-refractivity contribution >= 4 is 29.1 Å². The zero-order valence-corrected chi connectivity index (χ0v) is 15.1. The Morgan fingerprint density at radius 3 is 2.31 bits per heavy atom. The molecule has 0 unspecified atom stereocenters. The molecule has 0 spiro atoms. The lowest BCUT2D eigenvalue weighted by Gasteiger charge is -2.36. The second-order valence-electron chi connectivity index (χ2n) is 6.30. The van der Waals surface area contributed by atoms with E-state index in [1.807, 2.05) is 4.90 Å². The second-order valence-corrected chi connectivity index (χ2v) is 6.74. The highest BCUT2D eigenvalue weighted by molar-refractivity contribution is 6.22. The summed E-state index contributed by atoms with van der Waals surface area (Å²) in [4.78, 5) is 30.6. The zero-order chi connectivity index (χ0) is 18.9. The van der Waals surface area contributed by atoms with Gasteiger partial charge in [0.05, 0.1) is 18.2 Å². The van der Waals surface area contributed by atoms with E-state index in [0.717, 1.165) is 37.6 Å². The Hall–Kier alpha value is -1.77. The van der Waals surface area contributed by atoms with E-state index in [4.69, 9.17) is 11.6 Å². The number of imide groups is 1. The van der Waals surface area contributed by atoms with E-state index < -0.39 is 11.6 Å². The quantitative estimate of drug-likeness (QED) is 0.572. The molecule has 0 aliphatic carbocycles. The van der Waals surface area contributed by atoms with Crippen molar-refractivity contribution in [2.45, 2.75) is 25.0 Å². The summed E-state index contributed by atoms with van der Waals surface area (Å²) in [7, 11) is 0. The first-order chi connectivity index (χ1) is 12.3. The highest BCUT2D eigenvalue weighted by Gasteiger charge is 2.43. The number of carbonyl (C=O) groups is 2. The van der Waals surface area contributed by atoms with Gasteiger partial charge in [0.2, 0.25) is 5.91 Å². The predicted octanol–water partition coefficient (Wildman–Crippen LogP) is 2.12. The molecular formula is C17H20ClF2N3O3. The van der Waals surface area contributed by atoms with Gasteiger partial charge in [0.1, 0.15) is 5.75 Å². The van der Waals surface area contributed by atoms with Gasteiger partial charge >= 0.3 is 5.57 Å². The highest BCUT2D eigenvalue weighted by atomic mass is 35.5. The van der Waals surface area contributed by atoms with E-state index in [2.05, 4.69) is 16.6 Å². The molecule has 2 aliphatic heterocycles. The molecule has 1 aromatic rings. The van der Waals surface area contributed by atoms with Crippen LogP contribution in [-0.4, -0.2) is 65.9 Å². The van der Waals surface area contributed by atoms with Gasteiger partial charge < -0.3 is 9.64 Å². The van der Waals surface area contributed by atoms with Crippen molar-refractivity contribution < 1.29 is 23.1 Å². The molecule has 2 fully saturated rings. The Morgan fingerprint density at radius 2 is 1.77 bits per heavy atom. The van der Waals surface area contributed by atoms with Crippen molar-refractivity contribution in [3.63, 3.8) is 0 Å². The van der Waals surface area contributed by atoms with Gasteiger partial charge in [-0.25, -0.2) is 4.90 Å². The minimum Gasteiger partial charge on any atom is -0.420 e. The lowest BCUT2D eigenvalue weighted by atomic mass is 10.1. The first-order valence-corrected chi connectivity index (χ1v) is 8.85. The van der Waals surface area contributed by atoms with Gasteiger partial charge in [0.25, 0.3) is 5.91 Å². The number of nitrogens with zero attached hydrogens (tertiary/aromatic N) is 3. The monoisotopic (exact) mass is 387 g/mol.